The summed E-state index contributed by atoms with van der Waals surface area (Å²) in [6, 6.07) is 0. The molecular formula is C11H20N2OS. The molecule has 86 valence electrons. The van der Waals surface area contributed by atoms with Crippen molar-refractivity contribution in [2.24, 2.45) is 5.73 Å². The number of thiazole rings is 1. The molecule has 0 aliphatic rings. The molecule has 0 fully saturated rings. The lowest BCUT2D eigenvalue weighted by Gasteiger charge is -2.25. The average Bonchev–Trinajstić information content (AvgIpc) is 2.60. The number of hydrogen-bond donors (Lipinski definition) is 1. The van der Waals surface area contributed by atoms with E-state index < -0.39 is 0 Å². The quantitative estimate of drug-likeness (QED) is 0.842. The van der Waals surface area contributed by atoms with Crippen LogP contribution in [0, 0.1) is 6.92 Å². The minimum absolute atomic E-state index is 0.252. The Labute approximate surface area is 95.7 Å². The smallest absolute Gasteiger partial charge is 0.125 e. The van der Waals surface area contributed by atoms with Crippen molar-refractivity contribution in [2.75, 3.05) is 6.61 Å². The first kappa shape index (κ1) is 12.6. The van der Waals surface area contributed by atoms with E-state index in [1.54, 1.807) is 11.3 Å². The molecule has 1 atom stereocenters. The Kier molecular flexibility index (Phi) is 4.25. The maximum Gasteiger partial charge on any atom is 0.125 e. The Morgan fingerprint density at radius 2 is 2.13 bits per heavy atom. The van der Waals surface area contributed by atoms with Gasteiger partial charge in [-0.15, -0.1) is 11.3 Å². The van der Waals surface area contributed by atoms with Crippen LogP contribution in [0.3, 0.4) is 0 Å². The van der Waals surface area contributed by atoms with E-state index in [1.165, 1.54) is 0 Å². The lowest BCUT2D eigenvalue weighted by Crippen LogP contribution is -2.24. The Hall–Kier alpha value is -0.450. The fraction of sp³-hybridized carbons (Fsp3) is 0.727. The highest BCUT2D eigenvalue weighted by atomic mass is 32.1. The van der Waals surface area contributed by atoms with E-state index in [4.69, 9.17) is 10.5 Å². The molecule has 0 spiro atoms. The fourth-order valence-corrected chi connectivity index (χ4v) is 2.59. The van der Waals surface area contributed by atoms with E-state index in [0.717, 1.165) is 22.0 Å². The van der Waals surface area contributed by atoms with Gasteiger partial charge in [-0.1, -0.05) is 6.92 Å². The van der Waals surface area contributed by atoms with E-state index in [9.17, 15) is 0 Å². The number of rotatable bonds is 5. The van der Waals surface area contributed by atoms with E-state index >= 15 is 0 Å². The van der Waals surface area contributed by atoms with Gasteiger partial charge in [-0.3, -0.25) is 0 Å². The van der Waals surface area contributed by atoms with E-state index in [2.05, 4.69) is 18.8 Å². The molecule has 1 aromatic heterocycles. The van der Waals surface area contributed by atoms with Crippen LogP contribution in [0.2, 0.25) is 0 Å². The van der Waals surface area contributed by atoms with Crippen molar-refractivity contribution in [3.63, 3.8) is 0 Å². The molecule has 0 aromatic carbocycles. The SMILES string of the molecule is CCOC(C)(CC)c1nc(C)c(CN)s1. The minimum atomic E-state index is -0.252. The molecule has 1 heterocycles. The Morgan fingerprint density at radius 1 is 1.47 bits per heavy atom. The summed E-state index contributed by atoms with van der Waals surface area (Å²) in [5, 5.41) is 1.05. The van der Waals surface area contributed by atoms with Crippen molar-refractivity contribution in [2.45, 2.75) is 46.3 Å². The third-order valence-corrected chi connectivity index (χ3v) is 4.09. The van der Waals surface area contributed by atoms with E-state index in [1.807, 2.05) is 13.8 Å². The van der Waals surface area contributed by atoms with Gasteiger partial charge in [0.2, 0.25) is 0 Å². The van der Waals surface area contributed by atoms with Crippen LogP contribution in [-0.2, 0) is 16.9 Å². The predicted octanol–water partition coefficient (Wildman–Crippen LogP) is 2.57. The molecule has 1 aromatic rings. The predicted molar refractivity (Wildman–Crippen MR) is 64.0 cm³/mol. The summed E-state index contributed by atoms with van der Waals surface area (Å²) in [5.41, 5.74) is 6.44. The molecule has 0 saturated carbocycles. The average molecular weight is 228 g/mol. The van der Waals surface area contributed by atoms with Gasteiger partial charge in [-0.2, -0.15) is 0 Å². The molecule has 15 heavy (non-hydrogen) atoms. The zero-order valence-corrected chi connectivity index (χ0v) is 10.8. The molecule has 0 amide bonds. The summed E-state index contributed by atoms with van der Waals surface area (Å²) in [6.45, 7) is 9.50. The molecule has 3 nitrogen and oxygen atoms in total. The van der Waals surface area contributed by atoms with Crippen molar-refractivity contribution in [1.29, 1.82) is 0 Å². The van der Waals surface area contributed by atoms with Crippen molar-refractivity contribution in [1.82, 2.24) is 4.98 Å². The van der Waals surface area contributed by atoms with Crippen LogP contribution in [0.4, 0.5) is 0 Å². The number of nitrogens with two attached hydrogens (primary N) is 1. The van der Waals surface area contributed by atoms with Gasteiger partial charge in [0.15, 0.2) is 0 Å². The molecule has 1 rings (SSSR count). The summed E-state index contributed by atoms with van der Waals surface area (Å²) in [7, 11) is 0. The molecule has 0 aliphatic heterocycles. The third-order valence-electron chi connectivity index (χ3n) is 2.67. The van der Waals surface area contributed by atoms with Crippen LogP contribution in [0.15, 0.2) is 0 Å². The topological polar surface area (TPSA) is 48.1 Å². The number of ether oxygens (including phenoxy) is 1. The van der Waals surface area contributed by atoms with E-state index in [-0.39, 0.29) is 5.60 Å². The van der Waals surface area contributed by atoms with Gasteiger partial charge in [0.25, 0.3) is 0 Å². The molecule has 0 saturated heterocycles. The maximum atomic E-state index is 5.78. The van der Waals surface area contributed by atoms with Crippen LogP contribution < -0.4 is 5.73 Å². The largest absolute Gasteiger partial charge is 0.368 e. The highest BCUT2D eigenvalue weighted by Crippen LogP contribution is 2.33. The van der Waals surface area contributed by atoms with Gasteiger partial charge < -0.3 is 10.5 Å². The monoisotopic (exact) mass is 228 g/mol. The van der Waals surface area contributed by atoms with Crippen molar-refractivity contribution >= 4 is 11.3 Å². The highest BCUT2D eigenvalue weighted by molar-refractivity contribution is 7.11. The summed E-state index contributed by atoms with van der Waals surface area (Å²) in [6.07, 6.45) is 0.928. The van der Waals surface area contributed by atoms with Crippen LogP contribution >= 0.6 is 11.3 Å². The van der Waals surface area contributed by atoms with Crippen LogP contribution in [0.25, 0.3) is 0 Å². The van der Waals surface area contributed by atoms with Gasteiger partial charge in [-0.05, 0) is 27.2 Å². The van der Waals surface area contributed by atoms with Crippen LogP contribution in [-0.4, -0.2) is 11.6 Å². The van der Waals surface area contributed by atoms with Gasteiger partial charge in [-0.25, -0.2) is 4.98 Å². The molecule has 4 heteroatoms. The molecular weight excluding hydrogens is 208 g/mol. The Balaban J connectivity index is 3.01. The maximum absolute atomic E-state index is 5.78. The number of hydrogen-bond acceptors (Lipinski definition) is 4. The second kappa shape index (κ2) is 5.05. The Morgan fingerprint density at radius 3 is 2.53 bits per heavy atom. The van der Waals surface area contributed by atoms with Gasteiger partial charge in [0.05, 0.1) is 5.69 Å². The lowest BCUT2D eigenvalue weighted by atomic mass is 10.0. The minimum Gasteiger partial charge on any atom is -0.368 e. The summed E-state index contributed by atoms with van der Waals surface area (Å²) in [5.74, 6) is 0. The molecule has 0 bridgehead atoms. The second-order valence-electron chi connectivity index (χ2n) is 3.75. The number of nitrogens with zero attached hydrogens (tertiary/aromatic N) is 1. The number of aromatic nitrogens is 1. The molecule has 0 radical (unpaired) electrons. The summed E-state index contributed by atoms with van der Waals surface area (Å²) in [4.78, 5) is 5.71. The third kappa shape index (κ3) is 2.56. The van der Waals surface area contributed by atoms with Crippen LogP contribution in [0.1, 0.15) is 42.8 Å². The zero-order chi connectivity index (χ0) is 11.5. The standard InChI is InChI=1S/C11H20N2OS/c1-5-11(4,14-6-2)10-13-8(3)9(7-12)15-10/h5-7,12H2,1-4H3. The summed E-state index contributed by atoms with van der Waals surface area (Å²) >= 11 is 1.67. The summed E-state index contributed by atoms with van der Waals surface area (Å²) < 4.78 is 5.78. The first-order chi connectivity index (χ1) is 7.07. The van der Waals surface area contributed by atoms with Crippen molar-refractivity contribution in [3.05, 3.63) is 15.6 Å². The van der Waals surface area contributed by atoms with Gasteiger partial charge in [0.1, 0.15) is 10.6 Å². The first-order valence-corrected chi connectivity index (χ1v) is 6.19. The van der Waals surface area contributed by atoms with E-state index in [0.29, 0.717) is 13.2 Å². The molecule has 2 N–H and O–H groups in total. The van der Waals surface area contributed by atoms with Gasteiger partial charge >= 0.3 is 0 Å². The van der Waals surface area contributed by atoms with Crippen molar-refractivity contribution < 1.29 is 4.74 Å². The first-order valence-electron chi connectivity index (χ1n) is 5.38. The molecule has 0 aliphatic carbocycles. The zero-order valence-electron chi connectivity index (χ0n) is 9.96. The normalized spacial score (nSPS) is 15.3. The highest BCUT2D eigenvalue weighted by Gasteiger charge is 2.29. The molecule has 1 unspecified atom stereocenters. The fourth-order valence-electron chi connectivity index (χ4n) is 1.48. The van der Waals surface area contributed by atoms with Gasteiger partial charge in [0, 0.05) is 18.0 Å². The number of aryl methyl sites for hydroxylation is 1. The van der Waals surface area contributed by atoms with Crippen molar-refractivity contribution in [3.8, 4) is 0 Å². The van der Waals surface area contributed by atoms with Crippen LogP contribution in [0.5, 0.6) is 0 Å². The lowest BCUT2D eigenvalue weighted by molar-refractivity contribution is -0.0325. The Bertz CT molecular complexity index is 324. The second-order valence-corrected chi connectivity index (χ2v) is 4.83.